The van der Waals surface area contributed by atoms with Crippen molar-refractivity contribution in [1.82, 2.24) is 9.80 Å². The zero-order valence-corrected chi connectivity index (χ0v) is 16.3. The molecule has 2 amide bonds. The van der Waals surface area contributed by atoms with Gasteiger partial charge in [-0.2, -0.15) is 0 Å². The van der Waals surface area contributed by atoms with Crippen LogP contribution in [0.5, 0.6) is 0 Å². The molecule has 2 atom stereocenters. The Morgan fingerprint density at radius 1 is 1.22 bits per heavy atom. The first-order valence-electron chi connectivity index (χ1n) is 10.0. The molecule has 1 aromatic carbocycles. The van der Waals surface area contributed by atoms with Gasteiger partial charge >= 0.3 is 6.09 Å². The van der Waals surface area contributed by atoms with E-state index < -0.39 is 6.04 Å². The van der Waals surface area contributed by atoms with Crippen LogP contribution in [0.3, 0.4) is 0 Å². The van der Waals surface area contributed by atoms with Gasteiger partial charge in [0.25, 0.3) is 0 Å². The second-order valence-electron chi connectivity index (χ2n) is 8.02. The van der Waals surface area contributed by atoms with Crippen LogP contribution in [-0.2, 0) is 16.1 Å². The minimum atomic E-state index is -0.481. The molecule has 0 aromatic heterocycles. The Morgan fingerprint density at radius 3 is 2.56 bits per heavy atom. The zero-order valence-electron chi connectivity index (χ0n) is 16.3. The van der Waals surface area contributed by atoms with Crippen molar-refractivity contribution in [3.63, 3.8) is 0 Å². The van der Waals surface area contributed by atoms with Crippen molar-refractivity contribution in [1.29, 1.82) is 0 Å². The van der Waals surface area contributed by atoms with Crippen LogP contribution in [0.1, 0.15) is 45.1 Å². The minimum absolute atomic E-state index is 0.000833. The van der Waals surface area contributed by atoms with E-state index in [2.05, 4.69) is 0 Å². The van der Waals surface area contributed by atoms with Gasteiger partial charge in [0.15, 0.2) is 0 Å². The number of nitrogens with zero attached hydrogens (tertiary/aromatic N) is 2. The highest BCUT2D eigenvalue weighted by Crippen LogP contribution is 2.30. The molecule has 1 aliphatic carbocycles. The van der Waals surface area contributed by atoms with E-state index >= 15 is 0 Å². The standard InChI is InChI=1S/C21H31N3O3/c1-15(2)19(22)20(25)23-12-6-9-18(23)13-24(17-10-11-17)21(26)27-14-16-7-4-3-5-8-16/h3-5,7-8,15,17-19H,6,9-14,22H2,1-2H3. The molecule has 2 fully saturated rings. The number of amides is 2. The van der Waals surface area contributed by atoms with E-state index in [9.17, 15) is 9.59 Å². The molecule has 2 N–H and O–H groups in total. The zero-order chi connectivity index (χ0) is 19.4. The monoisotopic (exact) mass is 373 g/mol. The lowest BCUT2D eigenvalue weighted by atomic mass is 10.0. The Hall–Kier alpha value is -2.08. The maximum atomic E-state index is 12.7. The van der Waals surface area contributed by atoms with Crippen molar-refractivity contribution < 1.29 is 14.3 Å². The van der Waals surface area contributed by atoms with Crippen molar-refractivity contribution in [3.8, 4) is 0 Å². The highest BCUT2D eigenvalue weighted by molar-refractivity contribution is 5.82. The average Bonchev–Trinajstić information content (AvgIpc) is 3.41. The van der Waals surface area contributed by atoms with E-state index in [1.54, 1.807) is 0 Å². The van der Waals surface area contributed by atoms with E-state index in [0.29, 0.717) is 6.54 Å². The molecule has 3 rings (SSSR count). The summed E-state index contributed by atoms with van der Waals surface area (Å²) in [6.07, 6.45) is 3.60. The predicted molar refractivity (Wildman–Crippen MR) is 104 cm³/mol. The van der Waals surface area contributed by atoms with E-state index in [1.165, 1.54) is 0 Å². The van der Waals surface area contributed by atoms with Crippen LogP contribution in [-0.4, -0.2) is 53.0 Å². The van der Waals surface area contributed by atoms with Gasteiger partial charge in [-0.15, -0.1) is 0 Å². The molecule has 1 saturated heterocycles. The number of carbonyl (C=O) groups excluding carboxylic acids is 2. The summed E-state index contributed by atoms with van der Waals surface area (Å²) in [6, 6.07) is 9.49. The van der Waals surface area contributed by atoms with Gasteiger partial charge in [-0.25, -0.2) is 4.79 Å². The number of ether oxygens (including phenoxy) is 1. The van der Waals surface area contributed by atoms with Crippen LogP contribution in [0.15, 0.2) is 30.3 Å². The lowest BCUT2D eigenvalue weighted by molar-refractivity contribution is -0.134. The molecular weight excluding hydrogens is 342 g/mol. The van der Waals surface area contributed by atoms with Crippen molar-refractivity contribution in [2.45, 2.75) is 64.3 Å². The lowest BCUT2D eigenvalue weighted by Crippen LogP contribution is -2.52. The predicted octanol–water partition coefficient (Wildman–Crippen LogP) is 2.76. The third kappa shape index (κ3) is 5.01. The molecule has 0 radical (unpaired) electrons. The topological polar surface area (TPSA) is 75.9 Å². The number of likely N-dealkylation sites (tertiary alicyclic amines) is 1. The average molecular weight is 373 g/mol. The normalized spacial score (nSPS) is 20.6. The Kier molecular flexibility index (Phi) is 6.37. The van der Waals surface area contributed by atoms with Crippen molar-refractivity contribution >= 4 is 12.0 Å². The molecule has 1 saturated carbocycles. The smallest absolute Gasteiger partial charge is 0.410 e. The third-order valence-electron chi connectivity index (χ3n) is 5.50. The second-order valence-corrected chi connectivity index (χ2v) is 8.02. The largest absolute Gasteiger partial charge is 0.445 e. The highest BCUT2D eigenvalue weighted by atomic mass is 16.6. The molecule has 6 heteroatoms. The summed E-state index contributed by atoms with van der Waals surface area (Å²) in [6.45, 7) is 5.46. The molecule has 2 aliphatic rings. The SMILES string of the molecule is CC(C)C(N)C(=O)N1CCCC1CN(C(=O)OCc1ccccc1)C1CC1. The molecule has 6 nitrogen and oxygen atoms in total. The second kappa shape index (κ2) is 8.74. The fourth-order valence-electron chi connectivity index (χ4n) is 3.58. The summed E-state index contributed by atoms with van der Waals surface area (Å²) in [7, 11) is 0. The van der Waals surface area contributed by atoms with Crippen LogP contribution in [0.4, 0.5) is 4.79 Å². The summed E-state index contributed by atoms with van der Waals surface area (Å²) >= 11 is 0. The molecule has 148 valence electrons. The molecule has 1 heterocycles. The first-order chi connectivity index (χ1) is 13.0. The van der Waals surface area contributed by atoms with Gasteiger partial charge in [0, 0.05) is 25.2 Å². The number of hydrogen-bond donors (Lipinski definition) is 1. The van der Waals surface area contributed by atoms with Crippen LogP contribution in [0.25, 0.3) is 0 Å². The van der Waals surface area contributed by atoms with Gasteiger partial charge < -0.3 is 20.3 Å². The lowest BCUT2D eigenvalue weighted by Gasteiger charge is -2.32. The van der Waals surface area contributed by atoms with Gasteiger partial charge in [0.05, 0.1) is 6.04 Å². The van der Waals surface area contributed by atoms with E-state index in [0.717, 1.165) is 37.8 Å². The maximum absolute atomic E-state index is 12.7. The number of hydrogen-bond acceptors (Lipinski definition) is 4. The molecule has 2 unspecified atom stereocenters. The molecule has 0 spiro atoms. The third-order valence-corrected chi connectivity index (χ3v) is 5.50. The van der Waals surface area contributed by atoms with Crippen molar-refractivity contribution in [3.05, 3.63) is 35.9 Å². The summed E-state index contributed by atoms with van der Waals surface area (Å²) in [5, 5.41) is 0. The summed E-state index contributed by atoms with van der Waals surface area (Å²) < 4.78 is 5.54. The Morgan fingerprint density at radius 2 is 1.93 bits per heavy atom. The van der Waals surface area contributed by atoms with E-state index in [4.69, 9.17) is 10.5 Å². The minimum Gasteiger partial charge on any atom is -0.445 e. The summed E-state index contributed by atoms with van der Waals surface area (Å²) in [5.41, 5.74) is 7.05. The Bertz CT molecular complexity index is 645. The molecule has 27 heavy (non-hydrogen) atoms. The first-order valence-corrected chi connectivity index (χ1v) is 10.0. The Balaban J connectivity index is 1.60. The van der Waals surface area contributed by atoms with E-state index in [1.807, 2.05) is 54.0 Å². The number of nitrogens with two attached hydrogens (primary N) is 1. The van der Waals surface area contributed by atoms with Gasteiger partial charge in [0.1, 0.15) is 6.61 Å². The van der Waals surface area contributed by atoms with Crippen LogP contribution >= 0.6 is 0 Å². The fourth-order valence-corrected chi connectivity index (χ4v) is 3.58. The number of benzene rings is 1. The molecule has 0 bridgehead atoms. The quantitative estimate of drug-likeness (QED) is 0.797. The number of carbonyl (C=O) groups is 2. The molecule has 1 aromatic rings. The Labute approximate surface area is 161 Å². The van der Waals surface area contributed by atoms with Crippen LogP contribution in [0, 0.1) is 5.92 Å². The van der Waals surface area contributed by atoms with Gasteiger partial charge in [-0.3, -0.25) is 4.79 Å². The van der Waals surface area contributed by atoms with Crippen LogP contribution < -0.4 is 5.73 Å². The fraction of sp³-hybridized carbons (Fsp3) is 0.619. The van der Waals surface area contributed by atoms with Gasteiger partial charge in [0.2, 0.25) is 5.91 Å². The molecule has 1 aliphatic heterocycles. The van der Waals surface area contributed by atoms with Gasteiger partial charge in [-0.1, -0.05) is 44.2 Å². The van der Waals surface area contributed by atoms with Gasteiger partial charge in [-0.05, 0) is 37.2 Å². The van der Waals surface area contributed by atoms with Crippen molar-refractivity contribution in [2.75, 3.05) is 13.1 Å². The summed E-state index contributed by atoms with van der Waals surface area (Å²) in [4.78, 5) is 29.1. The highest BCUT2D eigenvalue weighted by Gasteiger charge is 2.39. The van der Waals surface area contributed by atoms with Crippen molar-refractivity contribution in [2.24, 2.45) is 11.7 Å². The summed E-state index contributed by atoms with van der Waals surface area (Å²) in [5.74, 6) is 0.107. The van der Waals surface area contributed by atoms with E-state index in [-0.39, 0.29) is 36.6 Å². The first kappa shape index (κ1) is 19.7. The molecular formula is C21H31N3O3. The maximum Gasteiger partial charge on any atom is 0.410 e. The number of rotatable bonds is 7. The van der Waals surface area contributed by atoms with Crippen LogP contribution in [0.2, 0.25) is 0 Å².